The first kappa shape index (κ1) is 21.2. The lowest BCUT2D eigenvalue weighted by atomic mass is 9.76. The molecule has 34 heavy (non-hydrogen) atoms. The molecular formula is C26H22N6O2. The molecular weight excluding hydrogens is 428 g/mol. The zero-order chi connectivity index (χ0) is 23.7. The highest BCUT2D eigenvalue weighted by molar-refractivity contribution is 6.00. The summed E-state index contributed by atoms with van der Waals surface area (Å²) in [5.74, 6) is -0.337. The van der Waals surface area contributed by atoms with Gasteiger partial charge in [-0.2, -0.15) is 10.4 Å². The van der Waals surface area contributed by atoms with Crippen molar-refractivity contribution < 1.29 is 4.79 Å². The van der Waals surface area contributed by atoms with E-state index in [0.717, 1.165) is 11.1 Å². The normalized spacial score (nSPS) is 17.9. The molecule has 0 radical (unpaired) electrons. The van der Waals surface area contributed by atoms with E-state index in [1.54, 1.807) is 5.01 Å². The highest BCUT2D eigenvalue weighted by Crippen LogP contribution is 2.44. The van der Waals surface area contributed by atoms with E-state index >= 15 is 0 Å². The minimum absolute atomic E-state index is 0.00512. The third-order valence-electron chi connectivity index (χ3n) is 6.13. The van der Waals surface area contributed by atoms with Gasteiger partial charge in [-0.25, -0.2) is 10.1 Å². The number of anilines is 1. The van der Waals surface area contributed by atoms with Crippen LogP contribution in [0.4, 0.5) is 5.69 Å². The zero-order valence-corrected chi connectivity index (χ0v) is 18.3. The maximum atomic E-state index is 13.2. The number of Topliss-reactive ketones (excluding diaryl/α,β-unsaturated/α-hetero) is 1. The summed E-state index contributed by atoms with van der Waals surface area (Å²) in [5, 5.41) is 18.4. The van der Waals surface area contributed by atoms with Crippen LogP contribution in [0.1, 0.15) is 30.7 Å². The molecule has 1 aromatic heterocycles. The molecule has 8 nitrogen and oxygen atoms in total. The smallest absolute Gasteiger partial charge is 0.266 e. The van der Waals surface area contributed by atoms with Gasteiger partial charge in [0.1, 0.15) is 11.5 Å². The first-order valence-corrected chi connectivity index (χ1v) is 11.0. The molecule has 0 saturated carbocycles. The summed E-state index contributed by atoms with van der Waals surface area (Å²) in [4.78, 5) is 25.3. The van der Waals surface area contributed by atoms with Gasteiger partial charge in [-0.1, -0.05) is 60.7 Å². The lowest BCUT2D eigenvalue weighted by molar-refractivity contribution is -0.116. The number of carbonyl (C=O) groups is 1. The molecule has 1 atom stereocenters. The number of nitrogens with zero attached hydrogens (tertiary/aromatic N) is 3. The van der Waals surface area contributed by atoms with E-state index < -0.39 is 11.5 Å². The lowest BCUT2D eigenvalue weighted by Gasteiger charge is -2.39. The number of nitriles is 1. The minimum atomic E-state index is -0.530. The van der Waals surface area contributed by atoms with Gasteiger partial charge in [0, 0.05) is 29.3 Å². The van der Waals surface area contributed by atoms with E-state index in [-0.39, 0.29) is 17.2 Å². The van der Waals surface area contributed by atoms with Crippen molar-refractivity contribution in [1.82, 2.24) is 15.2 Å². The number of rotatable bonds is 4. The van der Waals surface area contributed by atoms with Gasteiger partial charge in [-0.15, -0.1) is 0 Å². The molecule has 4 N–H and O–H groups in total. The van der Waals surface area contributed by atoms with Crippen LogP contribution in [0.15, 0.2) is 94.2 Å². The molecule has 0 amide bonds. The van der Waals surface area contributed by atoms with Crippen LogP contribution in [0.25, 0.3) is 11.3 Å². The number of benzene rings is 2. The van der Waals surface area contributed by atoms with Crippen molar-refractivity contribution in [2.75, 3.05) is 5.43 Å². The van der Waals surface area contributed by atoms with Gasteiger partial charge in [0.05, 0.1) is 23.2 Å². The number of hydrogen-bond acceptors (Lipinski definition) is 7. The Hall–Kier alpha value is -4.64. The lowest BCUT2D eigenvalue weighted by Crippen LogP contribution is -2.42. The topological polar surface area (TPSA) is 128 Å². The van der Waals surface area contributed by atoms with Crippen molar-refractivity contribution in [3.8, 4) is 17.3 Å². The molecule has 2 heterocycles. The minimum Gasteiger partial charge on any atom is -0.383 e. The Morgan fingerprint density at radius 2 is 1.76 bits per heavy atom. The fraction of sp³-hybridized carbons (Fsp3) is 0.154. The molecule has 2 aliphatic rings. The number of hydrazine groups is 1. The number of nitrogens with two attached hydrogens (primary N) is 1. The predicted octanol–water partition coefficient (Wildman–Crippen LogP) is 3.56. The number of allylic oxidation sites excluding steroid dienone is 3. The second-order valence-corrected chi connectivity index (χ2v) is 8.20. The number of nitrogens with one attached hydrogen (secondary N) is 2. The molecule has 0 spiro atoms. The van der Waals surface area contributed by atoms with Crippen LogP contribution in [0.2, 0.25) is 0 Å². The molecule has 3 aromatic rings. The van der Waals surface area contributed by atoms with Gasteiger partial charge in [0.15, 0.2) is 5.78 Å². The third-order valence-corrected chi connectivity index (χ3v) is 6.13. The largest absolute Gasteiger partial charge is 0.383 e. The molecule has 0 unspecified atom stereocenters. The van der Waals surface area contributed by atoms with Crippen LogP contribution in [0.5, 0.6) is 0 Å². The predicted molar refractivity (Wildman–Crippen MR) is 128 cm³/mol. The van der Waals surface area contributed by atoms with Crippen LogP contribution in [-0.2, 0) is 4.79 Å². The molecule has 2 aromatic carbocycles. The monoisotopic (exact) mass is 450 g/mol. The Bertz CT molecular complexity index is 1420. The van der Waals surface area contributed by atoms with Crippen LogP contribution in [-0.4, -0.2) is 21.0 Å². The first-order chi connectivity index (χ1) is 16.6. The summed E-state index contributed by atoms with van der Waals surface area (Å²) in [5.41, 5.74) is 13.5. The Morgan fingerprint density at radius 3 is 2.47 bits per heavy atom. The second-order valence-electron chi connectivity index (χ2n) is 8.20. The molecule has 1 aliphatic heterocycles. The summed E-state index contributed by atoms with van der Waals surface area (Å²) in [6, 6.07) is 22.5. The molecule has 0 bridgehead atoms. The Morgan fingerprint density at radius 1 is 1.06 bits per heavy atom. The quantitative estimate of drug-likeness (QED) is 0.554. The second kappa shape index (κ2) is 8.71. The van der Waals surface area contributed by atoms with E-state index in [2.05, 4.69) is 21.7 Å². The summed E-state index contributed by atoms with van der Waals surface area (Å²) in [7, 11) is 0. The van der Waals surface area contributed by atoms with Crippen LogP contribution in [0, 0.1) is 11.3 Å². The van der Waals surface area contributed by atoms with Crippen LogP contribution < -0.4 is 16.7 Å². The van der Waals surface area contributed by atoms with E-state index in [4.69, 9.17) is 5.73 Å². The highest BCUT2D eigenvalue weighted by atomic mass is 16.1. The van der Waals surface area contributed by atoms with E-state index in [1.165, 1.54) is 6.07 Å². The molecule has 168 valence electrons. The average molecular weight is 451 g/mol. The van der Waals surface area contributed by atoms with Crippen molar-refractivity contribution in [2.45, 2.75) is 25.2 Å². The van der Waals surface area contributed by atoms with Crippen molar-refractivity contribution in [3.05, 3.63) is 105 Å². The number of ketones is 1. The third kappa shape index (κ3) is 3.63. The van der Waals surface area contributed by atoms with Crippen molar-refractivity contribution >= 4 is 11.5 Å². The van der Waals surface area contributed by atoms with Gasteiger partial charge < -0.3 is 5.73 Å². The van der Waals surface area contributed by atoms with Gasteiger partial charge in [0.2, 0.25) is 0 Å². The van der Waals surface area contributed by atoms with Crippen LogP contribution >= 0.6 is 0 Å². The number of aromatic amines is 1. The fourth-order valence-corrected chi connectivity index (χ4v) is 4.62. The Kier molecular flexibility index (Phi) is 5.44. The van der Waals surface area contributed by atoms with E-state index in [1.807, 2.05) is 60.7 Å². The van der Waals surface area contributed by atoms with Crippen molar-refractivity contribution in [3.63, 3.8) is 0 Å². The number of hydrogen-bond donors (Lipinski definition) is 3. The van der Waals surface area contributed by atoms with Gasteiger partial charge in [-0.05, 0) is 18.4 Å². The standard InChI is InChI=1S/C26H22N6O2/c27-15-18-23(16-8-3-1-4-9-16)24-20(12-7-13-21(24)33)32(26(18)28)31-19-14-22(34)29-30-25(19)17-10-5-2-6-11-17/h1-6,8-11,14,23H,7,12-13,28H2,(H2,29,31,34)/t23-/m0/s1. The molecule has 8 heteroatoms. The maximum Gasteiger partial charge on any atom is 0.266 e. The Labute approximate surface area is 196 Å². The number of carbonyl (C=O) groups excluding carboxylic acids is 1. The first-order valence-electron chi connectivity index (χ1n) is 11.0. The average Bonchev–Trinajstić information content (AvgIpc) is 2.86. The zero-order valence-electron chi connectivity index (χ0n) is 18.3. The van der Waals surface area contributed by atoms with Crippen molar-refractivity contribution in [1.29, 1.82) is 5.26 Å². The van der Waals surface area contributed by atoms with Gasteiger partial charge in [-0.3, -0.25) is 15.0 Å². The highest BCUT2D eigenvalue weighted by Gasteiger charge is 2.40. The van der Waals surface area contributed by atoms with Gasteiger partial charge >= 0.3 is 0 Å². The molecule has 1 aliphatic carbocycles. The summed E-state index contributed by atoms with van der Waals surface area (Å²) in [6.45, 7) is 0. The molecule has 0 fully saturated rings. The Balaban J connectivity index is 1.66. The van der Waals surface area contributed by atoms with E-state index in [0.29, 0.717) is 41.9 Å². The number of H-pyrrole nitrogens is 1. The van der Waals surface area contributed by atoms with Gasteiger partial charge in [0.25, 0.3) is 5.56 Å². The maximum absolute atomic E-state index is 13.2. The van der Waals surface area contributed by atoms with Crippen molar-refractivity contribution in [2.24, 2.45) is 5.73 Å². The summed E-state index contributed by atoms with van der Waals surface area (Å²) in [6.07, 6.45) is 1.69. The number of aromatic nitrogens is 2. The molecule has 0 saturated heterocycles. The van der Waals surface area contributed by atoms with E-state index in [9.17, 15) is 14.9 Å². The molecule has 5 rings (SSSR count). The summed E-state index contributed by atoms with van der Waals surface area (Å²) >= 11 is 0. The van der Waals surface area contributed by atoms with Crippen LogP contribution in [0.3, 0.4) is 0 Å². The summed E-state index contributed by atoms with van der Waals surface area (Å²) < 4.78 is 0. The fourth-order valence-electron chi connectivity index (χ4n) is 4.62. The SMILES string of the molecule is N#CC1=C(N)N(Nc2cc(=O)[nH]nc2-c2ccccc2)C2=C(C(=O)CCC2)[C@H]1c1ccccc1.